The second kappa shape index (κ2) is 6.33. The van der Waals surface area contributed by atoms with Crippen molar-refractivity contribution < 1.29 is 18.0 Å². The van der Waals surface area contributed by atoms with Gasteiger partial charge < -0.3 is 10.5 Å². The molecule has 0 amide bonds. The third kappa shape index (κ3) is 2.80. The summed E-state index contributed by atoms with van der Waals surface area (Å²) < 4.78 is 35.4. The minimum atomic E-state index is -0.629. The largest absolute Gasteiger partial charge is 0.370 e. The third-order valence-corrected chi connectivity index (χ3v) is 5.54. The van der Waals surface area contributed by atoms with Gasteiger partial charge in [0.2, 0.25) is 0 Å². The number of aromatic amines is 1. The van der Waals surface area contributed by atoms with Crippen molar-refractivity contribution >= 4 is 5.65 Å². The van der Waals surface area contributed by atoms with E-state index in [0.717, 1.165) is 36.6 Å². The fraction of sp³-hybridized carbons (Fsp3) is 0.368. The van der Waals surface area contributed by atoms with E-state index in [9.17, 15) is 8.78 Å². The summed E-state index contributed by atoms with van der Waals surface area (Å²) >= 11 is 0. The molecule has 6 nitrogen and oxygen atoms in total. The lowest BCUT2D eigenvalue weighted by Gasteiger charge is -2.38. The van der Waals surface area contributed by atoms with E-state index in [1.807, 2.05) is 16.8 Å². The molecule has 140 valence electrons. The predicted octanol–water partition coefficient (Wildman–Crippen LogP) is 1.60. The van der Waals surface area contributed by atoms with Crippen molar-refractivity contribution in [3.63, 3.8) is 0 Å². The molecule has 4 heterocycles. The number of hydrogen-bond donors (Lipinski definition) is 2. The fourth-order valence-corrected chi connectivity index (χ4v) is 4.20. The van der Waals surface area contributed by atoms with Crippen LogP contribution in [-0.4, -0.2) is 33.7 Å². The summed E-state index contributed by atoms with van der Waals surface area (Å²) in [5, 5.41) is 3.35. The van der Waals surface area contributed by atoms with Gasteiger partial charge in [-0.25, -0.2) is 13.9 Å². The average Bonchev–Trinajstić information content (AvgIpc) is 3.22. The maximum Gasteiger partial charge on any atom is 0.352 e. The molecule has 2 aromatic heterocycles. The number of H-pyrrole nitrogens is 1. The van der Waals surface area contributed by atoms with Gasteiger partial charge in [-0.15, -0.1) is 4.52 Å². The number of nitrogens with zero attached hydrogens (tertiary/aromatic N) is 3. The van der Waals surface area contributed by atoms with Crippen molar-refractivity contribution in [1.82, 2.24) is 15.0 Å². The van der Waals surface area contributed by atoms with E-state index in [1.54, 1.807) is 6.20 Å². The summed E-state index contributed by atoms with van der Waals surface area (Å²) in [5.74, 6) is -0.972. The van der Waals surface area contributed by atoms with Gasteiger partial charge in [0.15, 0.2) is 0 Å². The van der Waals surface area contributed by atoms with E-state index >= 15 is 0 Å². The Labute approximate surface area is 154 Å². The molecule has 2 aliphatic rings. The van der Waals surface area contributed by atoms with Gasteiger partial charge in [-0.2, -0.15) is 0 Å². The Kier molecular flexibility index (Phi) is 3.92. The number of aromatic nitrogens is 3. The lowest BCUT2D eigenvalue weighted by atomic mass is 9.93. The van der Waals surface area contributed by atoms with Crippen molar-refractivity contribution in [2.45, 2.75) is 37.7 Å². The molecule has 27 heavy (non-hydrogen) atoms. The van der Waals surface area contributed by atoms with Crippen LogP contribution in [0.3, 0.4) is 0 Å². The maximum absolute atomic E-state index is 14.1. The van der Waals surface area contributed by atoms with E-state index in [2.05, 4.69) is 15.0 Å². The molecule has 3 atom stereocenters. The Morgan fingerprint density at radius 1 is 1.30 bits per heavy atom. The van der Waals surface area contributed by atoms with Crippen molar-refractivity contribution in [1.29, 1.82) is 0 Å². The molecule has 0 spiro atoms. The summed E-state index contributed by atoms with van der Waals surface area (Å²) in [4.78, 5) is 6.75. The summed E-state index contributed by atoms with van der Waals surface area (Å²) in [6, 6.07) is 5.01. The first-order chi connectivity index (χ1) is 13.1. The zero-order valence-electron chi connectivity index (χ0n) is 14.6. The van der Waals surface area contributed by atoms with Crippen LogP contribution >= 0.6 is 0 Å². The number of rotatable bonds is 2. The molecule has 0 radical (unpaired) electrons. The molecule has 0 bridgehead atoms. The van der Waals surface area contributed by atoms with E-state index < -0.39 is 23.8 Å². The minimum Gasteiger partial charge on any atom is -0.370 e. The first-order valence-electron chi connectivity index (χ1n) is 9.02. The molecule has 0 unspecified atom stereocenters. The Bertz CT molecular complexity index is 1010. The highest BCUT2D eigenvalue weighted by Gasteiger charge is 2.38. The van der Waals surface area contributed by atoms with Crippen LogP contribution in [0.15, 0.2) is 36.7 Å². The van der Waals surface area contributed by atoms with Crippen LogP contribution in [0.1, 0.15) is 29.3 Å². The molecule has 2 aliphatic heterocycles. The molecular formula is C19H20F2N5O+. The molecule has 5 rings (SSSR count). The normalized spacial score (nSPS) is 25.8. The lowest BCUT2D eigenvalue weighted by Crippen LogP contribution is -2.48. The van der Waals surface area contributed by atoms with Crippen LogP contribution < -0.4 is 10.2 Å². The molecule has 3 aromatic rings. The molecule has 0 aliphatic carbocycles. The van der Waals surface area contributed by atoms with Gasteiger partial charge in [-0.1, -0.05) is 0 Å². The second-order valence-electron chi connectivity index (χ2n) is 7.26. The monoisotopic (exact) mass is 372 g/mol. The molecule has 3 N–H and O–H groups in total. The Hall–Kier alpha value is -2.42. The van der Waals surface area contributed by atoms with Gasteiger partial charge in [0.1, 0.15) is 30.1 Å². The summed E-state index contributed by atoms with van der Waals surface area (Å²) in [7, 11) is 0. The molecule has 8 heteroatoms. The SMILES string of the molecule is N[C@H]1C[C@@H](N2Cc3[nH][n+]4cccnc4c3C2)CO[C@@H]1c1cc(F)ccc1F. The Morgan fingerprint density at radius 2 is 2.19 bits per heavy atom. The summed E-state index contributed by atoms with van der Waals surface area (Å²) in [6.45, 7) is 1.95. The van der Waals surface area contributed by atoms with E-state index in [-0.39, 0.29) is 11.6 Å². The highest BCUT2D eigenvalue weighted by atomic mass is 19.1. The van der Waals surface area contributed by atoms with Gasteiger partial charge in [-0.05, 0) is 29.6 Å². The lowest BCUT2D eigenvalue weighted by molar-refractivity contribution is -0.580. The maximum atomic E-state index is 14.1. The van der Waals surface area contributed by atoms with Crippen LogP contribution in [0, 0.1) is 11.6 Å². The highest BCUT2D eigenvalue weighted by molar-refractivity contribution is 5.45. The van der Waals surface area contributed by atoms with E-state index in [0.29, 0.717) is 13.0 Å². The standard InChI is InChI=1S/C19H19F2N5O/c20-11-2-3-15(21)13(6-11)18-16(22)7-12(10-27-18)25-8-14-17(9-25)24-26-5-1-4-23-19(14)26/h1-6,12,16,18H,7-10,22H2/p+1/t12-,16+,18-/m1/s1. The number of halogens is 2. The second-order valence-corrected chi connectivity index (χ2v) is 7.26. The zero-order chi connectivity index (χ0) is 18.5. The average molecular weight is 372 g/mol. The Morgan fingerprint density at radius 3 is 3.04 bits per heavy atom. The fourth-order valence-electron chi connectivity index (χ4n) is 4.20. The smallest absolute Gasteiger partial charge is 0.352 e. The van der Waals surface area contributed by atoms with E-state index in [4.69, 9.17) is 10.5 Å². The van der Waals surface area contributed by atoms with Gasteiger partial charge in [0, 0.05) is 36.8 Å². The van der Waals surface area contributed by atoms with Crippen molar-refractivity contribution in [3.8, 4) is 0 Å². The first kappa shape index (κ1) is 16.7. The molecule has 1 aromatic carbocycles. The van der Waals surface area contributed by atoms with Crippen LogP contribution in [0.2, 0.25) is 0 Å². The number of nitrogens with two attached hydrogens (primary N) is 1. The van der Waals surface area contributed by atoms with Gasteiger partial charge in [0.25, 0.3) is 0 Å². The number of nitrogens with one attached hydrogen (secondary N) is 1. The summed E-state index contributed by atoms with van der Waals surface area (Å²) in [5.41, 5.74) is 9.74. The van der Waals surface area contributed by atoms with Crippen molar-refractivity contribution in [2.24, 2.45) is 5.73 Å². The predicted molar refractivity (Wildman–Crippen MR) is 92.4 cm³/mol. The van der Waals surface area contributed by atoms with E-state index in [1.165, 1.54) is 11.6 Å². The number of ether oxygens (including phenoxy) is 1. The minimum absolute atomic E-state index is 0.123. The molecule has 1 saturated heterocycles. The van der Waals surface area contributed by atoms with Crippen LogP contribution in [0.4, 0.5) is 8.78 Å². The van der Waals surface area contributed by atoms with Gasteiger partial charge >= 0.3 is 5.65 Å². The molecule has 0 saturated carbocycles. The molecular weight excluding hydrogens is 352 g/mol. The Balaban J connectivity index is 1.32. The van der Waals surface area contributed by atoms with Crippen LogP contribution in [0.25, 0.3) is 5.65 Å². The first-order valence-corrected chi connectivity index (χ1v) is 9.02. The quantitative estimate of drug-likeness (QED) is 0.671. The summed E-state index contributed by atoms with van der Waals surface area (Å²) in [6.07, 6.45) is 3.76. The molecule has 1 fully saturated rings. The number of hydrogen-bond acceptors (Lipinski definition) is 4. The topological polar surface area (TPSA) is 71.3 Å². The van der Waals surface area contributed by atoms with Gasteiger partial charge in [-0.3, -0.25) is 4.90 Å². The number of benzene rings is 1. The third-order valence-electron chi connectivity index (χ3n) is 5.54. The van der Waals surface area contributed by atoms with Crippen LogP contribution in [0.5, 0.6) is 0 Å². The highest BCUT2D eigenvalue weighted by Crippen LogP contribution is 2.34. The van der Waals surface area contributed by atoms with Crippen molar-refractivity contribution in [3.05, 3.63) is 65.1 Å². The van der Waals surface area contributed by atoms with Gasteiger partial charge in [0.05, 0.1) is 17.9 Å². The zero-order valence-corrected chi connectivity index (χ0v) is 14.6. The van der Waals surface area contributed by atoms with Crippen molar-refractivity contribution in [2.75, 3.05) is 6.61 Å². The van der Waals surface area contributed by atoms with Crippen LogP contribution in [-0.2, 0) is 17.8 Å². The number of fused-ring (bicyclic) bond motifs is 3.